The molecule has 0 spiro atoms. The third-order valence-corrected chi connectivity index (χ3v) is 4.67. The Morgan fingerprint density at radius 1 is 1.42 bits per heavy atom. The first-order chi connectivity index (χ1) is 11.4. The lowest BCUT2D eigenvalue weighted by molar-refractivity contribution is -0.148. The lowest BCUT2D eigenvalue weighted by atomic mass is 10.0. The number of carboxylic acids is 1. The smallest absolute Gasteiger partial charge is 0.352 e. The predicted molar refractivity (Wildman–Crippen MR) is 86.6 cm³/mol. The molecule has 1 aromatic heterocycles. The summed E-state index contributed by atoms with van der Waals surface area (Å²) in [5, 5.41) is 8.83. The molecule has 1 aromatic rings. The van der Waals surface area contributed by atoms with Gasteiger partial charge in [-0.15, -0.1) is 11.8 Å². The molecule has 0 unspecified atom stereocenters. The van der Waals surface area contributed by atoms with Crippen LogP contribution in [-0.2, 0) is 19.1 Å². The fourth-order valence-corrected chi connectivity index (χ4v) is 3.47. The molecule has 24 heavy (non-hydrogen) atoms. The second-order valence-electron chi connectivity index (χ2n) is 5.00. The van der Waals surface area contributed by atoms with Crippen molar-refractivity contribution in [1.82, 2.24) is 9.88 Å². The van der Waals surface area contributed by atoms with Crippen LogP contribution >= 0.6 is 11.8 Å². The number of aliphatic carboxylic acids is 1. The molecule has 3 N–H and O–H groups in total. The van der Waals surface area contributed by atoms with Crippen LogP contribution in [0.2, 0.25) is 0 Å². The Labute approximate surface area is 142 Å². The molecule has 2 aliphatic heterocycles. The molecule has 2 aliphatic rings. The van der Waals surface area contributed by atoms with Gasteiger partial charge in [-0.1, -0.05) is 6.07 Å². The van der Waals surface area contributed by atoms with Gasteiger partial charge in [0.15, 0.2) is 0 Å². The van der Waals surface area contributed by atoms with Crippen molar-refractivity contribution >= 4 is 29.6 Å². The van der Waals surface area contributed by atoms with Crippen LogP contribution < -0.4 is 5.73 Å². The van der Waals surface area contributed by atoms with E-state index in [9.17, 15) is 14.4 Å². The summed E-state index contributed by atoms with van der Waals surface area (Å²) in [7, 11) is 0. The van der Waals surface area contributed by atoms with Crippen LogP contribution in [0.5, 0.6) is 0 Å². The summed E-state index contributed by atoms with van der Waals surface area (Å²) in [5.41, 5.74) is 5.90. The molecule has 0 saturated carbocycles. The third kappa shape index (κ3) is 3.92. The second kappa shape index (κ2) is 7.93. The Hall–Kier alpha value is -2.39. The molecule has 1 saturated heterocycles. The molecule has 0 aromatic carbocycles. The van der Waals surface area contributed by atoms with E-state index in [1.807, 2.05) is 18.2 Å². The van der Waals surface area contributed by atoms with Crippen LogP contribution in [0.15, 0.2) is 41.9 Å². The molecular weight excluding hydrogens is 334 g/mol. The van der Waals surface area contributed by atoms with Crippen molar-refractivity contribution in [1.29, 1.82) is 0 Å². The minimum Gasteiger partial charge on any atom is -0.477 e. The number of carbonyl (C=O) groups excluding carboxylic acids is 2. The number of amides is 1. The van der Waals surface area contributed by atoms with E-state index in [-0.39, 0.29) is 17.7 Å². The number of esters is 1. The number of thioether (sulfide) groups is 1. The van der Waals surface area contributed by atoms with Crippen molar-refractivity contribution in [2.75, 3.05) is 12.4 Å². The summed E-state index contributed by atoms with van der Waals surface area (Å²) in [5.74, 6) is -1.73. The third-order valence-electron chi connectivity index (χ3n) is 3.31. The quantitative estimate of drug-likeness (QED) is 0.585. The lowest BCUT2D eigenvalue weighted by Crippen LogP contribution is -2.68. The van der Waals surface area contributed by atoms with Crippen molar-refractivity contribution in [3.05, 3.63) is 41.9 Å². The average molecular weight is 351 g/mol. The maximum absolute atomic E-state index is 11.6. The van der Waals surface area contributed by atoms with E-state index in [0.29, 0.717) is 11.3 Å². The van der Waals surface area contributed by atoms with E-state index in [0.717, 1.165) is 0 Å². The van der Waals surface area contributed by atoms with E-state index in [1.54, 1.807) is 12.4 Å². The zero-order valence-electron chi connectivity index (χ0n) is 12.9. The van der Waals surface area contributed by atoms with Crippen LogP contribution in [0, 0.1) is 0 Å². The zero-order chi connectivity index (χ0) is 17.7. The first-order valence-corrected chi connectivity index (χ1v) is 8.12. The molecule has 9 heteroatoms. The average Bonchev–Trinajstić information content (AvgIpc) is 2.60. The number of β-lactam (4-membered cyclic amide) rings is 1. The van der Waals surface area contributed by atoms with Crippen molar-refractivity contribution in [2.24, 2.45) is 5.73 Å². The largest absolute Gasteiger partial charge is 0.477 e. The summed E-state index contributed by atoms with van der Waals surface area (Å²) in [4.78, 5) is 38.5. The van der Waals surface area contributed by atoms with Crippen LogP contribution in [0.3, 0.4) is 0 Å². The Bertz CT molecular complexity index is 638. The molecule has 0 bridgehead atoms. The minimum atomic E-state index is -1.21. The molecule has 0 radical (unpaired) electrons. The SMILES string of the molecule is CC(=O)OCC1=C(C(=O)O)N2C(=O)[C@@H](N)[C@H]2SC1.c1ccncc1. The summed E-state index contributed by atoms with van der Waals surface area (Å²) in [6.07, 6.45) is 3.50. The molecule has 3 heterocycles. The maximum atomic E-state index is 11.6. The Morgan fingerprint density at radius 3 is 2.54 bits per heavy atom. The molecule has 1 fully saturated rings. The first-order valence-electron chi connectivity index (χ1n) is 7.07. The normalized spacial score (nSPS) is 21.9. The van der Waals surface area contributed by atoms with Crippen molar-refractivity contribution in [3.63, 3.8) is 0 Å². The van der Waals surface area contributed by atoms with Crippen molar-refractivity contribution < 1.29 is 24.2 Å². The summed E-state index contributed by atoms with van der Waals surface area (Å²) < 4.78 is 4.79. The van der Waals surface area contributed by atoms with Gasteiger partial charge in [-0.25, -0.2) is 4.79 Å². The zero-order valence-corrected chi connectivity index (χ0v) is 13.7. The summed E-state index contributed by atoms with van der Waals surface area (Å²) in [6.45, 7) is 1.13. The number of rotatable bonds is 3. The number of nitrogens with two attached hydrogens (primary N) is 1. The van der Waals surface area contributed by atoms with Crippen molar-refractivity contribution in [2.45, 2.75) is 18.3 Å². The van der Waals surface area contributed by atoms with Gasteiger partial charge in [0.2, 0.25) is 5.91 Å². The van der Waals surface area contributed by atoms with E-state index in [4.69, 9.17) is 15.6 Å². The van der Waals surface area contributed by atoms with Gasteiger partial charge in [-0.2, -0.15) is 0 Å². The van der Waals surface area contributed by atoms with E-state index < -0.39 is 23.9 Å². The van der Waals surface area contributed by atoms with Gasteiger partial charge in [0.25, 0.3) is 0 Å². The number of pyridine rings is 1. The van der Waals surface area contributed by atoms with Gasteiger partial charge in [-0.3, -0.25) is 19.5 Å². The molecule has 8 nitrogen and oxygen atoms in total. The van der Waals surface area contributed by atoms with Gasteiger partial charge in [0.05, 0.1) is 0 Å². The monoisotopic (exact) mass is 351 g/mol. The number of carboxylic acid groups (broad SMARTS) is 1. The molecule has 128 valence electrons. The molecule has 2 atom stereocenters. The fraction of sp³-hybridized carbons (Fsp3) is 0.333. The highest BCUT2D eigenvalue weighted by molar-refractivity contribution is 8.00. The van der Waals surface area contributed by atoms with Gasteiger partial charge < -0.3 is 15.6 Å². The predicted octanol–water partition coefficient (Wildman–Crippen LogP) is 0.212. The van der Waals surface area contributed by atoms with Crippen LogP contribution in [0.25, 0.3) is 0 Å². The van der Waals surface area contributed by atoms with Gasteiger partial charge in [0.1, 0.15) is 23.7 Å². The number of aromatic nitrogens is 1. The molecular formula is C15H17N3O5S. The van der Waals surface area contributed by atoms with E-state index in [2.05, 4.69) is 4.98 Å². The van der Waals surface area contributed by atoms with Crippen LogP contribution in [0.1, 0.15) is 6.92 Å². The number of hydrogen-bond donors (Lipinski definition) is 2. The number of carbonyl (C=O) groups is 3. The highest BCUT2D eigenvalue weighted by Gasteiger charge is 2.51. The van der Waals surface area contributed by atoms with Gasteiger partial charge >= 0.3 is 11.9 Å². The maximum Gasteiger partial charge on any atom is 0.352 e. The number of ether oxygens (including phenoxy) is 1. The minimum absolute atomic E-state index is 0.105. The van der Waals surface area contributed by atoms with Gasteiger partial charge in [0, 0.05) is 30.6 Å². The molecule has 3 rings (SSSR count). The van der Waals surface area contributed by atoms with Gasteiger partial charge in [-0.05, 0) is 12.1 Å². The Kier molecular flexibility index (Phi) is 5.93. The summed E-state index contributed by atoms with van der Waals surface area (Å²) >= 11 is 1.37. The highest BCUT2D eigenvalue weighted by atomic mass is 32.2. The van der Waals surface area contributed by atoms with E-state index >= 15 is 0 Å². The highest BCUT2D eigenvalue weighted by Crippen LogP contribution is 2.39. The molecule has 0 aliphatic carbocycles. The van der Waals surface area contributed by atoms with Crippen LogP contribution in [0.4, 0.5) is 0 Å². The lowest BCUT2D eigenvalue weighted by Gasteiger charge is -2.47. The molecule has 1 amide bonds. The topological polar surface area (TPSA) is 123 Å². The van der Waals surface area contributed by atoms with E-state index in [1.165, 1.54) is 23.6 Å². The first kappa shape index (κ1) is 18.0. The van der Waals surface area contributed by atoms with Crippen LogP contribution in [-0.4, -0.2) is 56.6 Å². The number of hydrogen-bond acceptors (Lipinski definition) is 7. The number of fused-ring (bicyclic) bond motifs is 1. The fourth-order valence-electron chi connectivity index (χ4n) is 2.19. The summed E-state index contributed by atoms with van der Waals surface area (Å²) in [6, 6.07) is 5.06. The second-order valence-corrected chi connectivity index (χ2v) is 6.10. The van der Waals surface area contributed by atoms with Crippen molar-refractivity contribution in [3.8, 4) is 0 Å². The standard InChI is InChI=1S/C10H12N2O5S.C5H5N/c1-4(13)17-2-5-3-18-9-6(11)8(14)12(9)7(5)10(15)16;1-2-4-6-5-3-1/h6,9H,2-3,11H2,1H3,(H,15,16);1-5H/t6-,9-;/m1./s1. The Balaban J connectivity index is 0.000000292. The number of nitrogens with zero attached hydrogens (tertiary/aromatic N) is 2. The Morgan fingerprint density at radius 2 is 2.08 bits per heavy atom.